The van der Waals surface area contributed by atoms with E-state index in [0.717, 1.165) is 0 Å². The highest BCUT2D eigenvalue weighted by atomic mass is 16.5. The van der Waals surface area contributed by atoms with Gasteiger partial charge >= 0.3 is 5.97 Å². The third kappa shape index (κ3) is 3.48. The number of carbonyl (C=O) groups excluding carboxylic acids is 1. The van der Waals surface area contributed by atoms with Gasteiger partial charge in [-0.15, -0.1) is 0 Å². The number of nitrogens with one attached hydrogen (secondary N) is 1. The van der Waals surface area contributed by atoms with Crippen molar-refractivity contribution in [1.82, 2.24) is 5.32 Å². The van der Waals surface area contributed by atoms with E-state index in [2.05, 4.69) is 5.32 Å². The Morgan fingerprint density at radius 2 is 2.14 bits per heavy atom. The lowest BCUT2D eigenvalue weighted by Crippen LogP contribution is -2.50. The van der Waals surface area contributed by atoms with Crippen molar-refractivity contribution < 1.29 is 28.9 Å². The Balaban J connectivity index is 2.22. The number of hydrogen-bond acceptors (Lipinski definition) is 5. The van der Waals surface area contributed by atoms with Crippen molar-refractivity contribution in [3.63, 3.8) is 0 Å². The fourth-order valence-corrected chi connectivity index (χ4v) is 2.47. The van der Waals surface area contributed by atoms with Gasteiger partial charge in [-0.05, 0) is 18.6 Å². The standard InChI is InChI=1S/C15H19NO6/c1-20-10-3-4-11(12(7-10)21-2)14(19)16-15(8-13(17)18)5-6-22-9-15/h3-4,7H,5-6,8-9H2,1-2H3,(H,16,19)(H,17,18). The van der Waals surface area contributed by atoms with Crippen molar-refractivity contribution in [3.05, 3.63) is 23.8 Å². The predicted octanol–water partition coefficient (Wildman–Crippen LogP) is 1.07. The summed E-state index contributed by atoms with van der Waals surface area (Å²) in [5.74, 6) is -0.446. The highest BCUT2D eigenvalue weighted by molar-refractivity contribution is 5.98. The summed E-state index contributed by atoms with van der Waals surface area (Å²) in [6, 6.07) is 4.83. The van der Waals surface area contributed by atoms with Crippen molar-refractivity contribution in [2.24, 2.45) is 0 Å². The van der Waals surface area contributed by atoms with E-state index >= 15 is 0 Å². The van der Waals surface area contributed by atoms with E-state index in [1.807, 2.05) is 0 Å². The second-order valence-corrected chi connectivity index (χ2v) is 5.17. The van der Waals surface area contributed by atoms with Crippen molar-refractivity contribution >= 4 is 11.9 Å². The Labute approximate surface area is 128 Å². The van der Waals surface area contributed by atoms with Crippen LogP contribution in [0.3, 0.4) is 0 Å². The molecule has 0 saturated carbocycles. The van der Waals surface area contributed by atoms with Gasteiger partial charge in [0.15, 0.2) is 0 Å². The summed E-state index contributed by atoms with van der Waals surface area (Å²) in [4.78, 5) is 23.5. The quantitative estimate of drug-likeness (QED) is 0.816. The topological polar surface area (TPSA) is 94.1 Å². The normalized spacial score (nSPS) is 20.5. The lowest BCUT2D eigenvalue weighted by atomic mass is 9.93. The van der Waals surface area contributed by atoms with E-state index in [1.54, 1.807) is 18.2 Å². The van der Waals surface area contributed by atoms with E-state index in [4.69, 9.17) is 19.3 Å². The van der Waals surface area contributed by atoms with Gasteiger partial charge < -0.3 is 24.6 Å². The monoisotopic (exact) mass is 309 g/mol. The minimum absolute atomic E-state index is 0.183. The van der Waals surface area contributed by atoms with Gasteiger partial charge in [-0.2, -0.15) is 0 Å². The zero-order chi connectivity index (χ0) is 16.2. The van der Waals surface area contributed by atoms with Gasteiger partial charge in [-0.3, -0.25) is 9.59 Å². The van der Waals surface area contributed by atoms with Crippen LogP contribution in [-0.4, -0.2) is 50.0 Å². The highest BCUT2D eigenvalue weighted by Gasteiger charge is 2.39. The molecule has 1 aliphatic rings. The second-order valence-electron chi connectivity index (χ2n) is 5.17. The Bertz CT molecular complexity index is 565. The molecule has 1 fully saturated rings. The maximum absolute atomic E-state index is 12.5. The van der Waals surface area contributed by atoms with Gasteiger partial charge in [0.25, 0.3) is 5.91 Å². The maximum Gasteiger partial charge on any atom is 0.305 e. The molecule has 0 radical (unpaired) electrons. The van der Waals surface area contributed by atoms with Crippen LogP contribution in [0.15, 0.2) is 18.2 Å². The van der Waals surface area contributed by atoms with Gasteiger partial charge in [0.1, 0.15) is 11.5 Å². The van der Waals surface area contributed by atoms with Crippen LogP contribution >= 0.6 is 0 Å². The predicted molar refractivity (Wildman–Crippen MR) is 77.4 cm³/mol. The first-order valence-corrected chi connectivity index (χ1v) is 6.84. The molecule has 1 saturated heterocycles. The molecule has 2 rings (SSSR count). The van der Waals surface area contributed by atoms with Crippen LogP contribution in [0, 0.1) is 0 Å². The average Bonchev–Trinajstić information content (AvgIpc) is 2.93. The zero-order valence-corrected chi connectivity index (χ0v) is 12.5. The summed E-state index contributed by atoms with van der Waals surface area (Å²) in [5.41, 5.74) is -0.562. The van der Waals surface area contributed by atoms with E-state index in [1.165, 1.54) is 14.2 Å². The average molecular weight is 309 g/mol. The molecule has 1 amide bonds. The molecule has 1 aliphatic heterocycles. The molecule has 0 aliphatic carbocycles. The smallest absolute Gasteiger partial charge is 0.305 e. The fraction of sp³-hybridized carbons (Fsp3) is 0.467. The number of rotatable bonds is 6. The molecule has 1 atom stereocenters. The number of amides is 1. The third-order valence-corrected chi connectivity index (χ3v) is 3.62. The van der Waals surface area contributed by atoms with Crippen molar-refractivity contribution in [3.8, 4) is 11.5 Å². The summed E-state index contributed by atoms with van der Waals surface area (Å²) in [6.07, 6.45) is 0.278. The molecular formula is C15H19NO6. The van der Waals surface area contributed by atoms with E-state index < -0.39 is 17.4 Å². The van der Waals surface area contributed by atoms with E-state index in [0.29, 0.717) is 30.1 Å². The minimum atomic E-state index is -0.979. The van der Waals surface area contributed by atoms with E-state index in [-0.39, 0.29) is 13.0 Å². The lowest BCUT2D eigenvalue weighted by molar-refractivity contribution is -0.138. The number of methoxy groups -OCH3 is 2. The van der Waals surface area contributed by atoms with Crippen molar-refractivity contribution in [1.29, 1.82) is 0 Å². The molecule has 0 bridgehead atoms. The number of hydrogen-bond donors (Lipinski definition) is 2. The van der Waals surface area contributed by atoms with Gasteiger partial charge in [0.2, 0.25) is 0 Å². The van der Waals surface area contributed by atoms with Crippen LogP contribution in [0.4, 0.5) is 0 Å². The third-order valence-electron chi connectivity index (χ3n) is 3.62. The highest BCUT2D eigenvalue weighted by Crippen LogP contribution is 2.27. The Kier molecular flexibility index (Phi) is 4.87. The van der Waals surface area contributed by atoms with Crippen molar-refractivity contribution in [2.75, 3.05) is 27.4 Å². The lowest BCUT2D eigenvalue weighted by Gasteiger charge is -2.27. The van der Waals surface area contributed by atoms with Crippen LogP contribution in [0.5, 0.6) is 11.5 Å². The van der Waals surface area contributed by atoms with Gasteiger partial charge in [0.05, 0.1) is 38.3 Å². The molecule has 2 N–H and O–H groups in total. The number of ether oxygens (including phenoxy) is 3. The van der Waals surface area contributed by atoms with Crippen LogP contribution < -0.4 is 14.8 Å². The van der Waals surface area contributed by atoms with Crippen LogP contribution in [-0.2, 0) is 9.53 Å². The Morgan fingerprint density at radius 3 is 2.68 bits per heavy atom. The molecule has 7 heteroatoms. The molecule has 120 valence electrons. The Hall–Kier alpha value is -2.28. The largest absolute Gasteiger partial charge is 0.497 e. The van der Waals surface area contributed by atoms with Gasteiger partial charge in [-0.1, -0.05) is 0 Å². The number of carboxylic acid groups (broad SMARTS) is 1. The summed E-state index contributed by atoms with van der Waals surface area (Å²) >= 11 is 0. The van der Waals surface area contributed by atoms with E-state index in [9.17, 15) is 9.59 Å². The minimum Gasteiger partial charge on any atom is -0.497 e. The molecule has 22 heavy (non-hydrogen) atoms. The summed E-state index contributed by atoms with van der Waals surface area (Å²) in [7, 11) is 2.98. The van der Waals surface area contributed by atoms with Crippen molar-refractivity contribution in [2.45, 2.75) is 18.4 Å². The SMILES string of the molecule is COc1ccc(C(=O)NC2(CC(=O)O)CCOC2)c(OC)c1. The van der Waals surface area contributed by atoms with Crippen LogP contribution in [0.25, 0.3) is 0 Å². The molecule has 1 aromatic carbocycles. The molecule has 1 aromatic rings. The first kappa shape index (κ1) is 16.1. The molecule has 1 heterocycles. The van der Waals surface area contributed by atoms with Crippen LogP contribution in [0.1, 0.15) is 23.2 Å². The first-order valence-electron chi connectivity index (χ1n) is 6.84. The molecular weight excluding hydrogens is 290 g/mol. The first-order chi connectivity index (χ1) is 10.5. The van der Waals surface area contributed by atoms with Crippen LogP contribution in [0.2, 0.25) is 0 Å². The molecule has 0 aromatic heterocycles. The molecule has 7 nitrogen and oxygen atoms in total. The number of aliphatic carboxylic acids is 1. The Morgan fingerprint density at radius 1 is 1.36 bits per heavy atom. The summed E-state index contributed by atoms with van der Waals surface area (Å²) in [5, 5.41) is 11.8. The van der Waals surface area contributed by atoms with Gasteiger partial charge in [-0.25, -0.2) is 0 Å². The van der Waals surface area contributed by atoms with Gasteiger partial charge in [0, 0.05) is 12.7 Å². The number of carbonyl (C=O) groups is 2. The second kappa shape index (κ2) is 6.65. The summed E-state index contributed by atoms with van der Waals surface area (Å²) in [6.45, 7) is 0.608. The molecule has 1 unspecified atom stereocenters. The fourth-order valence-electron chi connectivity index (χ4n) is 2.47. The maximum atomic E-state index is 12.5. The summed E-state index contributed by atoms with van der Waals surface area (Å²) < 4.78 is 15.5. The number of carboxylic acids is 1. The molecule has 0 spiro atoms. The zero-order valence-electron chi connectivity index (χ0n) is 12.5. The number of benzene rings is 1.